The predicted molar refractivity (Wildman–Crippen MR) is 103 cm³/mol. The Hall–Kier alpha value is 0.156. The van der Waals surface area contributed by atoms with Crippen LogP contribution in [0, 0.1) is 6.08 Å². The smallest absolute Gasteiger partial charge is 4.00 e. The van der Waals surface area contributed by atoms with Gasteiger partial charge in [0.1, 0.15) is 0 Å². The Morgan fingerprint density at radius 2 is 1.00 bits per heavy atom. The van der Waals surface area contributed by atoms with E-state index in [1.807, 2.05) is 20.8 Å². The number of allylic oxidation sites excluding steroid dienone is 4. The summed E-state index contributed by atoms with van der Waals surface area (Å²) in [4.78, 5) is 0. The van der Waals surface area contributed by atoms with Gasteiger partial charge in [-0.25, -0.2) is 0 Å². The third kappa shape index (κ3) is 12.8. The summed E-state index contributed by atoms with van der Waals surface area (Å²) in [6.07, 6.45) is 5.04. The van der Waals surface area contributed by atoms with E-state index in [1.165, 1.54) is 0 Å². The minimum atomic E-state index is -8.40. The maximum atomic E-state index is 12.6. The zero-order valence-corrected chi connectivity index (χ0v) is 22.1. The van der Waals surface area contributed by atoms with Crippen LogP contribution in [0.25, 0.3) is 17.2 Å². The molecule has 0 bridgehead atoms. The molecule has 1 aliphatic rings. The molecule has 0 aromatic carbocycles. The number of hydrogen-bond donors (Lipinski definition) is 0. The minimum Gasteiger partial charge on any atom is 4.00 e. The second-order valence-electron chi connectivity index (χ2n) is 5.69. The van der Waals surface area contributed by atoms with Crippen LogP contribution in [0.15, 0.2) is 16.6 Å². The zero-order valence-electron chi connectivity index (χ0n) is 17.5. The summed E-state index contributed by atoms with van der Waals surface area (Å²) in [5.41, 5.74) is 19.4. The summed E-state index contributed by atoms with van der Waals surface area (Å²) in [7, 11) is 0. The van der Waals surface area contributed by atoms with E-state index >= 15 is 0 Å². The molecule has 0 atom stereocenters. The number of nitrogens with one attached hydrogen (secondary N) is 3. The Morgan fingerprint density at radius 3 is 1.13 bits per heavy atom. The average molecular weight is 609 g/mol. The van der Waals surface area contributed by atoms with Gasteiger partial charge in [-0.3, -0.25) is 0 Å². The summed E-state index contributed by atoms with van der Waals surface area (Å²) in [5, 5.41) is -19.1. The van der Waals surface area contributed by atoms with Crippen LogP contribution in [0.5, 0.6) is 0 Å². The van der Waals surface area contributed by atoms with E-state index in [1.54, 1.807) is 6.08 Å². The first-order valence-corrected chi connectivity index (χ1v) is 13.2. The van der Waals surface area contributed by atoms with Crippen molar-refractivity contribution in [2.75, 3.05) is 19.6 Å². The van der Waals surface area contributed by atoms with E-state index in [-0.39, 0.29) is 32.3 Å². The van der Waals surface area contributed by atoms with Crippen molar-refractivity contribution in [1.29, 1.82) is 0 Å². The summed E-state index contributed by atoms with van der Waals surface area (Å²) < 4.78 is 111. The van der Waals surface area contributed by atoms with Gasteiger partial charge >= 0.3 is 123 Å². The van der Waals surface area contributed by atoms with Crippen molar-refractivity contribution in [2.45, 2.75) is 61.5 Å². The molecule has 0 aromatic rings. The molecule has 0 amide bonds. The average Bonchev–Trinajstić information content (AvgIpc) is 3.13. The molecule has 1 aliphatic carbocycles. The zero-order chi connectivity index (χ0) is 24.6. The Morgan fingerprint density at radius 1 is 0.742 bits per heavy atom. The van der Waals surface area contributed by atoms with Crippen LogP contribution < -0.4 is 0 Å². The number of rotatable bonds is 4. The van der Waals surface area contributed by atoms with Gasteiger partial charge in [0.05, 0.1) is 0 Å². The SMILES string of the molecule is CCC[NH-].CCC[NH-].CCC[NH-].F[C](F)(F)[Ge]([C]1=[C-]CC=C1)([C](F)(F)F)[C](F)(F)F.[Zr+4]. The van der Waals surface area contributed by atoms with Crippen LogP contribution in [0.3, 0.4) is 0 Å². The van der Waals surface area contributed by atoms with E-state index in [4.69, 9.17) is 17.2 Å². The molecule has 3 nitrogen and oxygen atoms in total. The van der Waals surface area contributed by atoms with E-state index in [9.17, 15) is 39.5 Å². The molecule has 14 heteroatoms. The van der Waals surface area contributed by atoms with E-state index in [0.717, 1.165) is 25.3 Å². The molecule has 182 valence electrons. The molecular formula is C17H28F9GeN3Zr. The predicted octanol–water partition coefficient (Wildman–Crippen LogP) is 8.31. The van der Waals surface area contributed by atoms with Crippen molar-refractivity contribution in [3.63, 3.8) is 0 Å². The Bertz CT molecular complexity index is 439. The number of halogens is 9. The summed E-state index contributed by atoms with van der Waals surface area (Å²) in [6, 6.07) is 0. The second-order valence-corrected chi connectivity index (χ2v) is 13.5. The molecule has 0 fully saturated rings. The third-order valence-electron chi connectivity index (χ3n) is 3.12. The van der Waals surface area contributed by atoms with Crippen LogP contribution in [0.4, 0.5) is 39.5 Å². The fourth-order valence-corrected chi connectivity index (χ4v) is 7.09. The van der Waals surface area contributed by atoms with Gasteiger partial charge < -0.3 is 17.2 Å². The fourth-order valence-electron chi connectivity index (χ4n) is 1.60. The molecule has 0 saturated heterocycles. The Kier molecular flexibility index (Phi) is 23.0. The summed E-state index contributed by atoms with van der Waals surface area (Å²) >= 11 is -8.40. The van der Waals surface area contributed by atoms with Gasteiger partial charge in [0.2, 0.25) is 0 Å². The van der Waals surface area contributed by atoms with Crippen LogP contribution >= 0.6 is 0 Å². The molecule has 0 unspecified atom stereocenters. The van der Waals surface area contributed by atoms with Gasteiger partial charge in [-0.1, -0.05) is 40.0 Å². The Labute approximate surface area is 199 Å². The minimum absolute atomic E-state index is 0. The quantitative estimate of drug-likeness (QED) is 0.175. The van der Waals surface area contributed by atoms with Gasteiger partial charge in [-0.2, -0.15) is 19.6 Å². The first kappa shape index (κ1) is 38.4. The largest absolute Gasteiger partial charge is 4.00 e. The molecule has 0 aromatic heterocycles. The van der Waals surface area contributed by atoms with Crippen molar-refractivity contribution >= 4 is 13.3 Å². The molecule has 3 N–H and O–H groups in total. The number of alkyl halides is 9. The van der Waals surface area contributed by atoms with Gasteiger partial charge in [-0.15, -0.1) is 0 Å². The van der Waals surface area contributed by atoms with Gasteiger partial charge in [-0.05, 0) is 0 Å². The van der Waals surface area contributed by atoms with Crippen molar-refractivity contribution in [1.82, 2.24) is 0 Å². The van der Waals surface area contributed by atoms with Crippen molar-refractivity contribution in [3.05, 3.63) is 39.8 Å². The van der Waals surface area contributed by atoms with Crippen molar-refractivity contribution in [2.24, 2.45) is 0 Å². The van der Waals surface area contributed by atoms with E-state index < -0.39 is 39.1 Å². The Balaban J connectivity index is -0.000000232. The monoisotopic (exact) mass is 609 g/mol. The van der Waals surface area contributed by atoms with Crippen LogP contribution in [0.2, 0.25) is 0 Å². The second kappa shape index (κ2) is 18.6. The van der Waals surface area contributed by atoms with Gasteiger partial charge in [0.25, 0.3) is 0 Å². The van der Waals surface area contributed by atoms with Crippen LogP contribution in [-0.4, -0.2) is 47.9 Å². The van der Waals surface area contributed by atoms with Crippen LogP contribution in [0.1, 0.15) is 46.5 Å². The summed E-state index contributed by atoms with van der Waals surface area (Å²) in [6.45, 7) is 7.69. The molecule has 0 aliphatic heterocycles. The van der Waals surface area contributed by atoms with Crippen molar-refractivity contribution < 1.29 is 65.7 Å². The number of hydrogen-bond acceptors (Lipinski definition) is 0. The molecular weight excluding hydrogens is 581 g/mol. The molecule has 1 rings (SSSR count). The van der Waals surface area contributed by atoms with Crippen molar-refractivity contribution in [3.8, 4) is 0 Å². The first-order valence-electron chi connectivity index (χ1n) is 9.02. The fraction of sp³-hybridized carbons (Fsp3) is 0.765. The molecule has 0 saturated carbocycles. The first-order chi connectivity index (χ1) is 13.6. The van der Waals surface area contributed by atoms with E-state index in [2.05, 4.69) is 0 Å². The molecule has 0 heterocycles. The van der Waals surface area contributed by atoms with E-state index in [0.29, 0.717) is 19.6 Å². The maximum Gasteiger partial charge on any atom is 4.00 e. The molecule has 31 heavy (non-hydrogen) atoms. The summed E-state index contributed by atoms with van der Waals surface area (Å²) in [5.74, 6) is 0. The van der Waals surface area contributed by atoms with Crippen LogP contribution in [-0.2, 0) is 26.2 Å². The van der Waals surface area contributed by atoms with Gasteiger partial charge in [0, 0.05) is 0 Å². The standard InChI is InChI=1S/C8H4F9Ge.3C3H8N.Zr/c9-6(10,11)18(7(12,13)14,8(15,16)17)5-3-1-2-4-5;3*1-2-3-4;/h1,3H,2H2;3*4H,2-3H2,1H3;/q4*-1;+4. The molecule has 0 radical (unpaired) electrons. The normalized spacial score (nSPS) is 13.5. The van der Waals surface area contributed by atoms with Gasteiger partial charge in [0.15, 0.2) is 0 Å². The molecule has 0 spiro atoms. The maximum absolute atomic E-state index is 12.6. The third-order valence-corrected chi connectivity index (χ3v) is 10.9. The topological polar surface area (TPSA) is 71.4 Å².